The third kappa shape index (κ3) is 4.42. The van der Waals surface area contributed by atoms with Gasteiger partial charge in [-0.15, -0.1) is 0 Å². The first kappa shape index (κ1) is 20.2. The van der Waals surface area contributed by atoms with Gasteiger partial charge in [0.05, 0.1) is 16.9 Å². The summed E-state index contributed by atoms with van der Waals surface area (Å²) in [5, 5.41) is 7.43. The van der Waals surface area contributed by atoms with Gasteiger partial charge in [-0.2, -0.15) is 23.4 Å². The lowest BCUT2D eigenvalue weighted by molar-refractivity contribution is -0.142. The molecule has 1 aliphatic heterocycles. The van der Waals surface area contributed by atoms with E-state index in [-0.39, 0.29) is 23.4 Å². The van der Waals surface area contributed by atoms with Gasteiger partial charge in [-0.3, -0.25) is 19.1 Å². The molecule has 0 atom stereocenters. The largest absolute Gasteiger partial charge is 0.436 e. The van der Waals surface area contributed by atoms with Crippen molar-refractivity contribution < 1.29 is 18.0 Å². The zero-order valence-electron chi connectivity index (χ0n) is 16.0. The Balaban J connectivity index is 1.39. The van der Waals surface area contributed by atoms with Gasteiger partial charge >= 0.3 is 6.18 Å². The predicted molar refractivity (Wildman–Crippen MR) is 99.3 cm³/mol. The quantitative estimate of drug-likeness (QED) is 0.731. The summed E-state index contributed by atoms with van der Waals surface area (Å²) in [5.41, 5.74) is 0.338. The molecule has 2 aromatic rings. The Morgan fingerprint density at radius 3 is 2.48 bits per heavy atom. The summed E-state index contributed by atoms with van der Waals surface area (Å²) in [4.78, 5) is 16.6. The molecule has 0 radical (unpaired) electrons. The topological polar surface area (TPSA) is 59.2 Å². The molecule has 1 aliphatic carbocycles. The van der Waals surface area contributed by atoms with Crippen LogP contribution in [0.5, 0.6) is 0 Å². The summed E-state index contributed by atoms with van der Waals surface area (Å²) >= 11 is 5.97. The fourth-order valence-corrected chi connectivity index (χ4v) is 4.09. The highest BCUT2D eigenvalue weighted by molar-refractivity contribution is 6.32. The van der Waals surface area contributed by atoms with Crippen LogP contribution in [0.1, 0.15) is 35.7 Å². The second-order valence-electron chi connectivity index (χ2n) is 7.66. The number of hydrogen-bond acceptors (Lipinski definition) is 4. The van der Waals surface area contributed by atoms with Gasteiger partial charge in [0.15, 0.2) is 5.69 Å². The van der Waals surface area contributed by atoms with Gasteiger partial charge in [0.2, 0.25) is 5.91 Å². The van der Waals surface area contributed by atoms with E-state index in [0.29, 0.717) is 31.9 Å². The third-order valence-electron chi connectivity index (χ3n) is 5.34. The number of alkyl halides is 3. The normalized spacial score (nSPS) is 18.4. The number of piperazine rings is 1. The van der Waals surface area contributed by atoms with E-state index in [0.717, 1.165) is 29.6 Å². The summed E-state index contributed by atoms with van der Waals surface area (Å²) in [6.45, 7) is 2.99. The Kier molecular flexibility index (Phi) is 5.32. The number of carbonyl (C=O) groups is 1. The van der Waals surface area contributed by atoms with Crippen LogP contribution in [0.4, 0.5) is 13.2 Å². The van der Waals surface area contributed by atoms with Crippen LogP contribution < -0.4 is 0 Å². The third-order valence-corrected chi connectivity index (χ3v) is 5.71. The predicted octanol–water partition coefficient (Wildman–Crippen LogP) is 2.51. The minimum Gasteiger partial charge on any atom is -0.339 e. The van der Waals surface area contributed by atoms with E-state index in [4.69, 9.17) is 11.6 Å². The van der Waals surface area contributed by atoms with E-state index in [2.05, 4.69) is 15.1 Å². The molecular formula is C18H22ClF3N6O. The molecule has 0 bridgehead atoms. The highest BCUT2D eigenvalue weighted by Crippen LogP contribution is 2.46. The van der Waals surface area contributed by atoms with Gasteiger partial charge < -0.3 is 4.90 Å². The van der Waals surface area contributed by atoms with Crippen molar-refractivity contribution in [3.63, 3.8) is 0 Å². The molecule has 29 heavy (non-hydrogen) atoms. The molecule has 1 saturated carbocycles. The molecule has 1 amide bonds. The van der Waals surface area contributed by atoms with E-state index in [1.54, 1.807) is 9.58 Å². The Morgan fingerprint density at radius 2 is 1.93 bits per heavy atom. The Hall–Kier alpha value is -2.07. The Labute approximate surface area is 171 Å². The summed E-state index contributed by atoms with van der Waals surface area (Å²) in [7, 11) is 1.86. The maximum Gasteiger partial charge on any atom is 0.436 e. The number of rotatable bonds is 5. The molecule has 0 unspecified atom stereocenters. The summed E-state index contributed by atoms with van der Waals surface area (Å²) in [6.07, 6.45) is 0.675. The van der Waals surface area contributed by atoms with Crippen LogP contribution >= 0.6 is 11.6 Å². The molecule has 1 saturated heterocycles. The minimum atomic E-state index is -4.63. The van der Waals surface area contributed by atoms with Gasteiger partial charge in [-0.1, -0.05) is 11.6 Å². The zero-order valence-corrected chi connectivity index (χ0v) is 16.7. The number of amides is 1. The molecule has 0 aromatic carbocycles. The average Bonchev–Trinajstić information content (AvgIpc) is 3.32. The number of aromatic nitrogens is 4. The maximum atomic E-state index is 13.2. The number of halogens is 4. The molecule has 11 heteroatoms. The lowest BCUT2D eigenvalue weighted by Crippen LogP contribution is -2.49. The van der Waals surface area contributed by atoms with Crippen molar-refractivity contribution in [1.29, 1.82) is 0 Å². The second-order valence-corrected chi connectivity index (χ2v) is 8.03. The van der Waals surface area contributed by atoms with Crippen molar-refractivity contribution in [2.24, 2.45) is 7.05 Å². The van der Waals surface area contributed by atoms with Crippen molar-refractivity contribution in [3.8, 4) is 0 Å². The van der Waals surface area contributed by atoms with Crippen LogP contribution in [0.3, 0.4) is 0 Å². The van der Waals surface area contributed by atoms with Gasteiger partial charge in [-0.25, -0.2) is 0 Å². The number of nitrogens with zero attached hydrogens (tertiary/aromatic N) is 6. The first-order chi connectivity index (χ1) is 13.7. The Morgan fingerprint density at radius 1 is 1.24 bits per heavy atom. The highest BCUT2D eigenvalue weighted by atomic mass is 35.5. The Bertz CT molecular complexity index is 896. The van der Waals surface area contributed by atoms with Crippen LogP contribution in [-0.2, 0) is 31.1 Å². The van der Waals surface area contributed by atoms with E-state index < -0.39 is 11.9 Å². The monoisotopic (exact) mass is 430 g/mol. The summed E-state index contributed by atoms with van der Waals surface area (Å²) in [6, 6.07) is 0. The van der Waals surface area contributed by atoms with Gasteiger partial charge in [0, 0.05) is 57.4 Å². The SMILES string of the molecule is Cn1cc(CN2CCN(C(=O)Cn3nc(C(F)(F)F)c(Cl)c3C3CC3)CC2)cn1. The number of carbonyl (C=O) groups excluding carboxylic acids is 1. The van der Waals surface area contributed by atoms with Crippen molar-refractivity contribution in [2.75, 3.05) is 26.2 Å². The number of hydrogen-bond donors (Lipinski definition) is 0. The molecule has 158 valence electrons. The van der Waals surface area contributed by atoms with Crippen LogP contribution in [0, 0.1) is 0 Å². The smallest absolute Gasteiger partial charge is 0.339 e. The van der Waals surface area contributed by atoms with Crippen LogP contribution in [0.25, 0.3) is 0 Å². The van der Waals surface area contributed by atoms with Crippen molar-refractivity contribution in [2.45, 2.75) is 38.0 Å². The van der Waals surface area contributed by atoms with Gasteiger partial charge in [0.25, 0.3) is 0 Å². The van der Waals surface area contributed by atoms with Gasteiger partial charge in [-0.05, 0) is 12.8 Å². The van der Waals surface area contributed by atoms with Crippen molar-refractivity contribution in [3.05, 3.63) is 34.4 Å². The van der Waals surface area contributed by atoms with Crippen LogP contribution in [0.15, 0.2) is 12.4 Å². The van der Waals surface area contributed by atoms with E-state index in [9.17, 15) is 18.0 Å². The molecule has 2 aromatic heterocycles. The van der Waals surface area contributed by atoms with E-state index >= 15 is 0 Å². The fraction of sp³-hybridized carbons (Fsp3) is 0.611. The lowest BCUT2D eigenvalue weighted by Gasteiger charge is -2.34. The van der Waals surface area contributed by atoms with Crippen LogP contribution in [0.2, 0.25) is 5.02 Å². The van der Waals surface area contributed by atoms with E-state index in [1.807, 2.05) is 19.4 Å². The molecule has 0 spiro atoms. The lowest BCUT2D eigenvalue weighted by atomic mass is 10.2. The zero-order chi connectivity index (χ0) is 20.8. The second kappa shape index (κ2) is 7.64. The standard InChI is InChI=1S/C18H22ClF3N6O/c1-25-9-12(8-23-25)10-26-4-6-27(7-5-26)14(29)11-28-16(13-2-3-13)15(19)17(24-28)18(20,21)22/h8-9,13H,2-7,10-11H2,1H3. The number of aryl methyl sites for hydroxylation is 1. The first-order valence-electron chi connectivity index (χ1n) is 9.53. The minimum absolute atomic E-state index is 0.0461. The molecular weight excluding hydrogens is 409 g/mol. The van der Waals surface area contributed by atoms with Crippen LogP contribution in [-0.4, -0.2) is 61.4 Å². The van der Waals surface area contributed by atoms with Crippen molar-refractivity contribution in [1.82, 2.24) is 29.4 Å². The summed E-state index contributed by atoms with van der Waals surface area (Å²) < 4.78 is 42.4. The van der Waals surface area contributed by atoms with Crippen molar-refractivity contribution >= 4 is 17.5 Å². The fourth-order valence-electron chi connectivity index (χ4n) is 3.70. The molecule has 0 N–H and O–H groups in total. The van der Waals surface area contributed by atoms with E-state index in [1.165, 1.54) is 0 Å². The molecule has 4 rings (SSSR count). The highest BCUT2D eigenvalue weighted by Gasteiger charge is 2.42. The van der Waals surface area contributed by atoms with Gasteiger partial charge in [0.1, 0.15) is 6.54 Å². The maximum absolute atomic E-state index is 13.2. The molecule has 7 nitrogen and oxygen atoms in total. The molecule has 2 fully saturated rings. The average molecular weight is 431 g/mol. The summed E-state index contributed by atoms with van der Waals surface area (Å²) in [5.74, 6) is -0.281. The molecule has 2 aliphatic rings. The molecule has 3 heterocycles. The first-order valence-corrected chi connectivity index (χ1v) is 9.91.